The van der Waals surface area contributed by atoms with Gasteiger partial charge in [0, 0.05) is 17.8 Å². The Morgan fingerprint density at radius 2 is 1.76 bits per heavy atom. The Labute approximate surface area is 127 Å². The van der Waals surface area contributed by atoms with Crippen molar-refractivity contribution >= 4 is 11.6 Å². The number of benzene rings is 2. The van der Waals surface area contributed by atoms with Crippen LogP contribution in [0.2, 0.25) is 0 Å². The first-order chi connectivity index (χ1) is 10.1. The molecule has 0 spiro atoms. The minimum absolute atomic E-state index is 0.0934. The quantitative estimate of drug-likeness (QED) is 0.774. The average Bonchev–Trinajstić information content (AvgIpc) is 2.51. The molecule has 2 aromatic carbocycles. The molecule has 0 aliphatic rings. The SMILES string of the molecule is CCCCN(C(=O)c1cc(C)ccc1C)c1ccccc1. The number of hydrogen-bond acceptors (Lipinski definition) is 1. The van der Waals surface area contributed by atoms with E-state index in [0.717, 1.165) is 41.8 Å². The summed E-state index contributed by atoms with van der Waals surface area (Å²) in [6, 6.07) is 16.0. The molecule has 0 N–H and O–H groups in total. The standard InChI is InChI=1S/C19H23NO/c1-4-5-13-20(17-9-7-6-8-10-17)19(21)18-14-15(2)11-12-16(18)3/h6-12,14H,4-5,13H2,1-3H3. The van der Waals surface area contributed by atoms with Gasteiger partial charge in [-0.1, -0.05) is 49.2 Å². The molecule has 1 amide bonds. The topological polar surface area (TPSA) is 20.3 Å². The predicted molar refractivity (Wildman–Crippen MR) is 88.9 cm³/mol. The second-order valence-corrected chi connectivity index (χ2v) is 5.46. The molecule has 2 aromatic rings. The molecule has 110 valence electrons. The first kappa shape index (κ1) is 15.3. The lowest BCUT2D eigenvalue weighted by Crippen LogP contribution is -2.32. The van der Waals surface area contributed by atoms with E-state index < -0.39 is 0 Å². The van der Waals surface area contributed by atoms with Crippen LogP contribution in [0.4, 0.5) is 5.69 Å². The number of aryl methyl sites for hydroxylation is 2. The van der Waals surface area contributed by atoms with Crippen molar-refractivity contribution < 1.29 is 4.79 Å². The van der Waals surface area contributed by atoms with E-state index in [2.05, 4.69) is 6.92 Å². The van der Waals surface area contributed by atoms with Crippen LogP contribution in [0, 0.1) is 13.8 Å². The zero-order valence-corrected chi connectivity index (χ0v) is 13.1. The fraction of sp³-hybridized carbons (Fsp3) is 0.316. The average molecular weight is 281 g/mol. The lowest BCUT2D eigenvalue weighted by molar-refractivity contribution is 0.0986. The second kappa shape index (κ2) is 7.07. The van der Waals surface area contributed by atoms with Gasteiger partial charge in [0.1, 0.15) is 0 Å². The Morgan fingerprint density at radius 3 is 2.43 bits per heavy atom. The number of anilines is 1. The van der Waals surface area contributed by atoms with Gasteiger partial charge in [0.05, 0.1) is 0 Å². The monoisotopic (exact) mass is 281 g/mol. The summed E-state index contributed by atoms with van der Waals surface area (Å²) >= 11 is 0. The number of amides is 1. The highest BCUT2D eigenvalue weighted by molar-refractivity contribution is 6.07. The van der Waals surface area contributed by atoms with Crippen LogP contribution < -0.4 is 4.90 Å². The van der Waals surface area contributed by atoms with Crippen LogP contribution in [0.15, 0.2) is 48.5 Å². The second-order valence-electron chi connectivity index (χ2n) is 5.46. The van der Waals surface area contributed by atoms with Gasteiger partial charge in [0.25, 0.3) is 5.91 Å². The molecule has 0 atom stereocenters. The number of carbonyl (C=O) groups is 1. The maximum absolute atomic E-state index is 13.0. The van der Waals surface area contributed by atoms with Gasteiger partial charge in [-0.3, -0.25) is 4.79 Å². The maximum atomic E-state index is 13.0. The third kappa shape index (κ3) is 3.72. The van der Waals surface area contributed by atoms with E-state index in [1.165, 1.54) is 0 Å². The summed E-state index contributed by atoms with van der Waals surface area (Å²) in [5.74, 6) is 0.0934. The van der Waals surface area contributed by atoms with Crippen molar-refractivity contribution in [3.8, 4) is 0 Å². The summed E-state index contributed by atoms with van der Waals surface area (Å²) < 4.78 is 0. The molecule has 0 aliphatic heterocycles. The van der Waals surface area contributed by atoms with Crippen molar-refractivity contribution in [3.05, 3.63) is 65.2 Å². The van der Waals surface area contributed by atoms with E-state index in [9.17, 15) is 4.79 Å². The van der Waals surface area contributed by atoms with Crippen molar-refractivity contribution in [2.75, 3.05) is 11.4 Å². The summed E-state index contributed by atoms with van der Waals surface area (Å²) in [5.41, 5.74) is 3.92. The molecule has 0 radical (unpaired) electrons. The van der Waals surface area contributed by atoms with Gasteiger partial charge < -0.3 is 4.90 Å². The van der Waals surface area contributed by atoms with Crippen molar-refractivity contribution in [2.45, 2.75) is 33.6 Å². The molecular weight excluding hydrogens is 258 g/mol. The highest BCUT2D eigenvalue weighted by Crippen LogP contribution is 2.20. The van der Waals surface area contributed by atoms with Gasteiger partial charge in [0.2, 0.25) is 0 Å². The fourth-order valence-electron chi connectivity index (χ4n) is 2.38. The Hall–Kier alpha value is -2.09. The molecular formula is C19H23NO. The predicted octanol–water partition coefficient (Wildman–Crippen LogP) is 4.75. The molecule has 0 bridgehead atoms. The molecule has 2 rings (SSSR count). The highest BCUT2D eigenvalue weighted by atomic mass is 16.2. The summed E-state index contributed by atoms with van der Waals surface area (Å²) in [7, 11) is 0. The van der Waals surface area contributed by atoms with E-state index in [1.54, 1.807) is 0 Å². The summed E-state index contributed by atoms with van der Waals surface area (Å²) in [4.78, 5) is 14.8. The molecule has 2 heteroatoms. The molecule has 0 heterocycles. The maximum Gasteiger partial charge on any atom is 0.258 e. The number of carbonyl (C=O) groups excluding carboxylic acids is 1. The third-order valence-electron chi connectivity index (χ3n) is 3.67. The van der Waals surface area contributed by atoms with E-state index in [-0.39, 0.29) is 5.91 Å². The molecule has 0 saturated carbocycles. The lowest BCUT2D eigenvalue weighted by atomic mass is 10.0. The largest absolute Gasteiger partial charge is 0.308 e. The van der Waals surface area contributed by atoms with Crippen LogP contribution in [-0.4, -0.2) is 12.5 Å². The third-order valence-corrected chi connectivity index (χ3v) is 3.67. The van der Waals surface area contributed by atoms with Crippen molar-refractivity contribution in [1.29, 1.82) is 0 Å². The van der Waals surface area contributed by atoms with Crippen LogP contribution in [0.5, 0.6) is 0 Å². The Bertz CT molecular complexity index is 604. The van der Waals surface area contributed by atoms with Crippen LogP contribution in [0.3, 0.4) is 0 Å². The van der Waals surface area contributed by atoms with Gasteiger partial charge in [-0.2, -0.15) is 0 Å². The van der Waals surface area contributed by atoms with Crippen LogP contribution in [0.25, 0.3) is 0 Å². The van der Waals surface area contributed by atoms with E-state index in [1.807, 2.05) is 67.3 Å². The van der Waals surface area contributed by atoms with E-state index in [4.69, 9.17) is 0 Å². The smallest absolute Gasteiger partial charge is 0.258 e. The van der Waals surface area contributed by atoms with Crippen LogP contribution >= 0.6 is 0 Å². The van der Waals surface area contributed by atoms with Gasteiger partial charge >= 0.3 is 0 Å². The molecule has 0 aliphatic carbocycles. The zero-order valence-electron chi connectivity index (χ0n) is 13.1. The van der Waals surface area contributed by atoms with Gasteiger partial charge in [-0.15, -0.1) is 0 Å². The summed E-state index contributed by atoms with van der Waals surface area (Å²) in [5, 5.41) is 0. The molecule has 0 fully saturated rings. The van der Waals surface area contributed by atoms with E-state index in [0.29, 0.717) is 0 Å². The number of unbranched alkanes of at least 4 members (excludes halogenated alkanes) is 1. The first-order valence-corrected chi connectivity index (χ1v) is 7.57. The number of rotatable bonds is 5. The zero-order chi connectivity index (χ0) is 15.2. The Morgan fingerprint density at radius 1 is 1.05 bits per heavy atom. The van der Waals surface area contributed by atoms with Crippen molar-refractivity contribution in [2.24, 2.45) is 0 Å². The fourth-order valence-corrected chi connectivity index (χ4v) is 2.38. The van der Waals surface area contributed by atoms with Crippen molar-refractivity contribution in [3.63, 3.8) is 0 Å². The molecule has 21 heavy (non-hydrogen) atoms. The Balaban J connectivity index is 2.36. The normalized spacial score (nSPS) is 10.4. The van der Waals surface area contributed by atoms with Crippen LogP contribution in [0.1, 0.15) is 41.3 Å². The number of para-hydroxylation sites is 1. The number of nitrogens with zero attached hydrogens (tertiary/aromatic N) is 1. The molecule has 2 nitrogen and oxygen atoms in total. The lowest BCUT2D eigenvalue weighted by Gasteiger charge is -2.24. The van der Waals surface area contributed by atoms with Gasteiger partial charge in [-0.25, -0.2) is 0 Å². The highest BCUT2D eigenvalue weighted by Gasteiger charge is 2.18. The summed E-state index contributed by atoms with van der Waals surface area (Å²) in [6.07, 6.45) is 2.08. The van der Waals surface area contributed by atoms with Crippen LogP contribution in [-0.2, 0) is 0 Å². The van der Waals surface area contributed by atoms with Gasteiger partial charge in [-0.05, 0) is 44.0 Å². The Kier molecular flexibility index (Phi) is 5.15. The molecule has 0 saturated heterocycles. The number of hydrogen-bond donors (Lipinski definition) is 0. The van der Waals surface area contributed by atoms with Gasteiger partial charge in [0.15, 0.2) is 0 Å². The minimum atomic E-state index is 0.0934. The molecule has 0 aromatic heterocycles. The first-order valence-electron chi connectivity index (χ1n) is 7.57. The van der Waals surface area contributed by atoms with Crippen molar-refractivity contribution in [1.82, 2.24) is 0 Å². The minimum Gasteiger partial charge on any atom is -0.308 e. The van der Waals surface area contributed by atoms with E-state index >= 15 is 0 Å². The summed E-state index contributed by atoms with van der Waals surface area (Å²) in [6.45, 7) is 6.92. The molecule has 0 unspecified atom stereocenters.